The number of rotatable bonds is 5. The van der Waals surface area contributed by atoms with Gasteiger partial charge in [0, 0.05) is 5.92 Å². The summed E-state index contributed by atoms with van der Waals surface area (Å²) in [6.07, 6.45) is 4.33. The van der Waals surface area contributed by atoms with Gasteiger partial charge in [0.1, 0.15) is 0 Å². The third kappa shape index (κ3) is 3.28. The molecular formula is C8H15NO. The van der Waals surface area contributed by atoms with Crippen LogP contribution in [-0.4, -0.2) is 5.91 Å². The topological polar surface area (TPSA) is 43.1 Å². The molecule has 1 amide bonds. The fourth-order valence-electron chi connectivity index (χ4n) is 0.926. The number of primary amides is 1. The number of carbonyl (C=O) groups excluding carboxylic acids is 1. The third-order valence-electron chi connectivity index (χ3n) is 1.49. The van der Waals surface area contributed by atoms with Gasteiger partial charge >= 0.3 is 0 Å². The lowest BCUT2D eigenvalue weighted by Gasteiger charge is -2.07. The first-order chi connectivity index (χ1) is 4.72. The molecule has 1 atom stereocenters. The second kappa shape index (κ2) is 5.03. The highest BCUT2D eigenvalue weighted by Crippen LogP contribution is 2.09. The van der Waals surface area contributed by atoms with Crippen LogP contribution in [0.15, 0.2) is 12.7 Å². The van der Waals surface area contributed by atoms with Gasteiger partial charge in [-0.05, 0) is 12.8 Å². The molecule has 0 aliphatic carbocycles. The summed E-state index contributed by atoms with van der Waals surface area (Å²) in [6.45, 7) is 5.60. The molecule has 2 heteroatoms. The molecule has 0 rings (SSSR count). The van der Waals surface area contributed by atoms with Crippen LogP contribution in [0.4, 0.5) is 0 Å². The van der Waals surface area contributed by atoms with Crippen LogP contribution in [-0.2, 0) is 4.79 Å². The molecule has 0 aromatic rings. The zero-order valence-corrected chi connectivity index (χ0v) is 6.47. The fraction of sp³-hybridized carbons (Fsp3) is 0.625. The van der Waals surface area contributed by atoms with Crippen molar-refractivity contribution in [3.05, 3.63) is 12.7 Å². The first kappa shape index (κ1) is 9.21. The summed E-state index contributed by atoms with van der Waals surface area (Å²) in [4.78, 5) is 10.7. The Hall–Kier alpha value is -0.790. The normalized spacial score (nSPS) is 12.5. The number of amides is 1. The van der Waals surface area contributed by atoms with Crippen LogP contribution in [0.5, 0.6) is 0 Å². The molecule has 0 unspecified atom stereocenters. The van der Waals surface area contributed by atoms with E-state index in [1.807, 2.05) is 6.92 Å². The van der Waals surface area contributed by atoms with E-state index >= 15 is 0 Å². The number of allylic oxidation sites excluding steroid dienone is 1. The summed E-state index contributed by atoms with van der Waals surface area (Å²) in [5, 5.41) is 0. The van der Waals surface area contributed by atoms with Crippen LogP contribution >= 0.6 is 0 Å². The van der Waals surface area contributed by atoms with Crippen molar-refractivity contribution in [3.8, 4) is 0 Å². The Morgan fingerprint density at radius 2 is 2.40 bits per heavy atom. The molecule has 0 saturated heterocycles. The van der Waals surface area contributed by atoms with Gasteiger partial charge in [-0.3, -0.25) is 4.79 Å². The quantitative estimate of drug-likeness (QED) is 0.579. The van der Waals surface area contributed by atoms with Gasteiger partial charge in [0.2, 0.25) is 5.91 Å². The average molecular weight is 141 g/mol. The molecule has 0 fully saturated rings. The van der Waals surface area contributed by atoms with Gasteiger partial charge in [0.25, 0.3) is 0 Å². The molecule has 2 N–H and O–H groups in total. The first-order valence-electron chi connectivity index (χ1n) is 3.62. The second-order valence-electron chi connectivity index (χ2n) is 2.41. The SMILES string of the molecule is C=CC[C@@H](CCC)C(N)=O. The van der Waals surface area contributed by atoms with Crippen molar-refractivity contribution in [2.45, 2.75) is 26.2 Å². The maximum absolute atomic E-state index is 10.7. The van der Waals surface area contributed by atoms with Crippen molar-refractivity contribution in [1.82, 2.24) is 0 Å². The number of hydrogen-bond donors (Lipinski definition) is 1. The minimum atomic E-state index is -0.207. The van der Waals surface area contributed by atoms with Crippen molar-refractivity contribution in [3.63, 3.8) is 0 Å². The van der Waals surface area contributed by atoms with Crippen LogP contribution in [0.25, 0.3) is 0 Å². The van der Waals surface area contributed by atoms with E-state index in [1.165, 1.54) is 0 Å². The van der Waals surface area contributed by atoms with Crippen molar-refractivity contribution >= 4 is 5.91 Å². The van der Waals surface area contributed by atoms with Crippen LogP contribution < -0.4 is 5.73 Å². The van der Waals surface area contributed by atoms with Crippen LogP contribution in [0, 0.1) is 5.92 Å². The predicted octanol–water partition coefficient (Wildman–Crippen LogP) is 1.46. The van der Waals surface area contributed by atoms with Gasteiger partial charge in [-0.15, -0.1) is 6.58 Å². The highest BCUT2D eigenvalue weighted by molar-refractivity contribution is 5.76. The Balaban J connectivity index is 3.71. The van der Waals surface area contributed by atoms with Crippen molar-refractivity contribution in [2.75, 3.05) is 0 Å². The molecule has 0 saturated carbocycles. The van der Waals surface area contributed by atoms with Crippen molar-refractivity contribution in [1.29, 1.82) is 0 Å². The highest BCUT2D eigenvalue weighted by atomic mass is 16.1. The maximum atomic E-state index is 10.7. The van der Waals surface area contributed by atoms with Gasteiger partial charge in [-0.25, -0.2) is 0 Å². The zero-order chi connectivity index (χ0) is 7.98. The lowest BCUT2D eigenvalue weighted by molar-refractivity contribution is -0.121. The van der Waals surface area contributed by atoms with E-state index in [2.05, 4.69) is 6.58 Å². The van der Waals surface area contributed by atoms with Gasteiger partial charge in [-0.2, -0.15) is 0 Å². The molecule has 0 bridgehead atoms. The number of nitrogens with two attached hydrogens (primary N) is 1. The maximum Gasteiger partial charge on any atom is 0.220 e. The molecule has 10 heavy (non-hydrogen) atoms. The van der Waals surface area contributed by atoms with E-state index in [0.29, 0.717) is 6.42 Å². The summed E-state index contributed by atoms with van der Waals surface area (Å²) in [7, 11) is 0. The minimum Gasteiger partial charge on any atom is -0.369 e. The number of hydrogen-bond acceptors (Lipinski definition) is 1. The standard InChI is InChI=1S/C8H15NO/c1-3-5-7(6-4-2)8(9)10/h3,7H,1,4-6H2,2H3,(H2,9,10)/t7-/m0/s1. The Morgan fingerprint density at radius 1 is 1.80 bits per heavy atom. The smallest absolute Gasteiger partial charge is 0.220 e. The summed E-state index contributed by atoms with van der Waals surface area (Å²) in [6, 6.07) is 0. The Kier molecular flexibility index (Phi) is 4.63. The van der Waals surface area contributed by atoms with Crippen LogP contribution in [0.3, 0.4) is 0 Å². The van der Waals surface area contributed by atoms with Crippen LogP contribution in [0.2, 0.25) is 0 Å². The predicted molar refractivity (Wildman–Crippen MR) is 42.4 cm³/mol. The third-order valence-corrected chi connectivity index (χ3v) is 1.49. The van der Waals surface area contributed by atoms with Gasteiger partial charge in [0.05, 0.1) is 0 Å². The molecule has 0 aliphatic heterocycles. The Labute approximate surface area is 62.1 Å². The van der Waals surface area contributed by atoms with Gasteiger partial charge < -0.3 is 5.73 Å². The second-order valence-corrected chi connectivity index (χ2v) is 2.41. The van der Waals surface area contributed by atoms with E-state index in [4.69, 9.17) is 5.73 Å². The van der Waals surface area contributed by atoms with E-state index in [1.54, 1.807) is 6.08 Å². The largest absolute Gasteiger partial charge is 0.369 e. The van der Waals surface area contributed by atoms with E-state index in [9.17, 15) is 4.79 Å². The molecule has 0 spiro atoms. The minimum absolute atomic E-state index is 0.00231. The summed E-state index contributed by atoms with van der Waals surface area (Å²) >= 11 is 0. The van der Waals surface area contributed by atoms with E-state index in [-0.39, 0.29) is 11.8 Å². The van der Waals surface area contributed by atoms with E-state index < -0.39 is 0 Å². The summed E-state index contributed by atoms with van der Waals surface area (Å²) in [5.74, 6) is -0.204. The molecular weight excluding hydrogens is 126 g/mol. The van der Waals surface area contributed by atoms with Crippen molar-refractivity contribution < 1.29 is 4.79 Å². The van der Waals surface area contributed by atoms with Crippen molar-refractivity contribution in [2.24, 2.45) is 11.7 Å². The molecule has 58 valence electrons. The lowest BCUT2D eigenvalue weighted by Crippen LogP contribution is -2.22. The zero-order valence-electron chi connectivity index (χ0n) is 6.47. The van der Waals surface area contributed by atoms with Crippen LogP contribution in [0.1, 0.15) is 26.2 Å². The number of carbonyl (C=O) groups is 1. The van der Waals surface area contributed by atoms with Gasteiger partial charge in [0.15, 0.2) is 0 Å². The molecule has 0 aliphatic rings. The fourth-order valence-corrected chi connectivity index (χ4v) is 0.926. The summed E-state index contributed by atoms with van der Waals surface area (Å²) < 4.78 is 0. The monoisotopic (exact) mass is 141 g/mol. The average Bonchev–Trinajstić information content (AvgIpc) is 1.87. The summed E-state index contributed by atoms with van der Waals surface area (Å²) in [5.41, 5.74) is 5.12. The van der Waals surface area contributed by atoms with Gasteiger partial charge in [-0.1, -0.05) is 19.4 Å². The highest BCUT2D eigenvalue weighted by Gasteiger charge is 2.10. The first-order valence-corrected chi connectivity index (χ1v) is 3.62. The molecule has 2 nitrogen and oxygen atoms in total. The molecule has 0 aromatic heterocycles. The Morgan fingerprint density at radius 3 is 2.70 bits per heavy atom. The molecule has 0 radical (unpaired) electrons. The molecule has 0 heterocycles. The molecule has 0 aromatic carbocycles. The Bertz CT molecular complexity index is 120. The van der Waals surface area contributed by atoms with E-state index in [0.717, 1.165) is 12.8 Å². The lowest BCUT2D eigenvalue weighted by atomic mass is 9.99.